The summed E-state index contributed by atoms with van der Waals surface area (Å²) in [5.74, 6) is 0.420. The lowest BCUT2D eigenvalue weighted by Gasteiger charge is -2.07. The summed E-state index contributed by atoms with van der Waals surface area (Å²) in [6, 6.07) is 15.7. The molecule has 0 fully saturated rings. The maximum atomic E-state index is 11.6. The van der Waals surface area contributed by atoms with Crippen LogP contribution in [0.1, 0.15) is 11.3 Å². The van der Waals surface area contributed by atoms with Gasteiger partial charge in [0.25, 0.3) is 0 Å². The Bertz CT molecular complexity index is 1120. The van der Waals surface area contributed by atoms with Crippen LogP contribution in [0.25, 0.3) is 16.9 Å². The second-order valence-electron chi connectivity index (χ2n) is 6.04. The van der Waals surface area contributed by atoms with Crippen LogP contribution in [-0.2, 0) is 11.2 Å². The lowest BCUT2D eigenvalue weighted by Crippen LogP contribution is -2.07. The molecule has 132 valence electrons. The van der Waals surface area contributed by atoms with Crippen LogP contribution in [0.15, 0.2) is 79.9 Å². The zero-order chi connectivity index (χ0) is 18.6. The van der Waals surface area contributed by atoms with Crippen LogP contribution in [0.3, 0.4) is 0 Å². The molecule has 0 bridgehead atoms. The highest BCUT2D eigenvalue weighted by Gasteiger charge is 2.09. The van der Waals surface area contributed by atoms with E-state index >= 15 is 0 Å². The van der Waals surface area contributed by atoms with Gasteiger partial charge < -0.3 is 5.32 Å². The Morgan fingerprint density at radius 2 is 2.00 bits per heavy atom. The number of fused-ring (bicyclic) bond motifs is 1. The fourth-order valence-corrected chi connectivity index (χ4v) is 2.86. The second-order valence-corrected chi connectivity index (χ2v) is 6.04. The number of hydrogen-bond acceptors (Lipinski definition) is 4. The molecule has 0 aliphatic heterocycles. The minimum Gasteiger partial charge on any atom is -0.322 e. The van der Waals surface area contributed by atoms with Crippen LogP contribution in [0.2, 0.25) is 0 Å². The maximum absolute atomic E-state index is 11.6. The summed E-state index contributed by atoms with van der Waals surface area (Å²) in [7, 11) is 0. The van der Waals surface area contributed by atoms with Gasteiger partial charge >= 0.3 is 0 Å². The summed E-state index contributed by atoms with van der Waals surface area (Å²) in [4.78, 5) is 25.0. The molecule has 0 saturated heterocycles. The monoisotopic (exact) mass is 355 g/mol. The van der Waals surface area contributed by atoms with Crippen LogP contribution < -0.4 is 5.32 Å². The van der Waals surface area contributed by atoms with E-state index in [1.54, 1.807) is 24.8 Å². The van der Waals surface area contributed by atoms with Crippen LogP contribution >= 0.6 is 0 Å². The molecular formula is C21H17N5O. The summed E-state index contributed by atoms with van der Waals surface area (Å²) in [6.45, 7) is 3.47. The second kappa shape index (κ2) is 7.21. The van der Waals surface area contributed by atoms with Crippen LogP contribution in [0, 0.1) is 0 Å². The van der Waals surface area contributed by atoms with Gasteiger partial charge in [-0.25, -0.2) is 9.97 Å². The fourth-order valence-electron chi connectivity index (χ4n) is 2.86. The highest BCUT2D eigenvalue weighted by atomic mass is 16.1. The molecule has 0 spiro atoms. The number of imidazole rings is 1. The predicted octanol–water partition coefficient (Wildman–Crippen LogP) is 3.53. The zero-order valence-electron chi connectivity index (χ0n) is 14.5. The molecule has 0 aliphatic carbocycles. The summed E-state index contributed by atoms with van der Waals surface area (Å²) in [5.41, 5.74) is 4.36. The van der Waals surface area contributed by atoms with Crippen LogP contribution in [0.5, 0.6) is 0 Å². The van der Waals surface area contributed by atoms with E-state index in [-0.39, 0.29) is 5.91 Å². The van der Waals surface area contributed by atoms with Gasteiger partial charge in [-0.05, 0) is 29.8 Å². The van der Waals surface area contributed by atoms with Gasteiger partial charge in [-0.2, -0.15) is 0 Å². The van der Waals surface area contributed by atoms with Crippen molar-refractivity contribution in [1.82, 2.24) is 19.5 Å². The molecule has 1 N–H and O–H groups in total. The molecule has 0 unspecified atom stereocenters. The van der Waals surface area contributed by atoms with Crippen molar-refractivity contribution in [2.45, 2.75) is 6.42 Å². The topological polar surface area (TPSA) is 72.7 Å². The summed E-state index contributed by atoms with van der Waals surface area (Å²) in [6.07, 6.45) is 7.12. The average Bonchev–Trinajstić information content (AvgIpc) is 3.12. The summed E-state index contributed by atoms with van der Waals surface area (Å²) in [5, 5.41) is 2.76. The number of benzene rings is 2. The van der Waals surface area contributed by atoms with E-state index in [1.807, 2.05) is 34.9 Å². The number of amides is 1. The van der Waals surface area contributed by atoms with Gasteiger partial charge in [0.15, 0.2) is 5.82 Å². The van der Waals surface area contributed by atoms with Gasteiger partial charge in [-0.15, -0.1) is 0 Å². The largest absolute Gasteiger partial charge is 0.322 e. The Hall–Kier alpha value is -3.80. The van der Waals surface area contributed by atoms with Crippen molar-refractivity contribution in [2.75, 3.05) is 5.32 Å². The molecule has 0 aliphatic rings. The number of aromatic nitrogens is 4. The Kier molecular flexibility index (Phi) is 4.45. The lowest BCUT2D eigenvalue weighted by molar-refractivity contribution is -0.111. The van der Waals surface area contributed by atoms with E-state index in [9.17, 15) is 4.79 Å². The van der Waals surface area contributed by atoms with E-state index in [4.69, 9.17) is 4.98 Å². The normalized spacial score (nSPS) is 10.7. The molecule has 1 amide bonds. The van der Waals surface area contributed by atoms with Gasteiger partial charge in [0.1, 0.15) is 6.33 Å². The summed E-state index contributed by atoms with van der Waals surface area (Å²) < 4.78 is 1.86. The highest BCUT2D eigenvalue weighted by Crippen LogP contribution is 2.21. The third-order valence-corrected chi connectivity index (χ3v) is 4.15. The SMILES string of the molecule is C=CC(=O)Nc1ccc2ncn(-c3cncc(Cc4ccccc4)n3)c2c1. The minimum absolute atomic E-state index is 0.259. The van der Waals surface area contributed by atoms with E-state index < -0.39 is 0 Å². The smallest absolute Gasteiger partial charge is 0.247 e. The fraction of sp³-hybridized carbons (Fsp3) is 0.0476. The maximum Gasteiger partial charge on any atom is 0.247 e. The number of nitrogens with zero attached hydrogens (tertiary/aromatic N) is 4. The molecule has 27 heavy (non-hydrogen) atoms. The zero-order valence-corrected chi connectivity index (χ0v) is 14.5. The van der Waals surface area contributed by atoms with E-state index in [0.29, 0.717) is 17.9 Å². The van der Waals surface area contributed by atoms with Crippen molar-refractivity contribution in [2.24, 2.45) is 0 Å². The number of rotatable bonds is 5. The first kappa shape index (κ1) is 16.7. The Morgan fingerprint density at radius 1 is 1.15 bits per heavy atom. The van der Waals surface area contributed by atoms with E-state index in [1.165, 1.54) is 11.6 Å². The van der Waals surface area contributed by atoms with E-state index in [2.05, 4.69) is 34.0 Å². The minimum atomic E-state index is -0.259. The lowest BCUT2D eigenvalue weighted by atomic mass is 10.1. The molecular weight excluding hydrogens is 338 g/mol. The van der Waals surface area contributed by atoms with Crippen LogP contribution in [0.4, 0.5) is 5.69 Å². The Morgan fingerprint density at radius 3 is 2.81 bits per heavy atom. The number of anilines is 1. The van der Waals surface area contributed by atoms with Crippen molar-refractivity contribution in [3.8, 4) is 5.82 Å². The van der Waals surface area contributed by atoms with Gasteiger partial charge in [-0.1, -0.05) is 36.9 Å². The first-order valence-corrected chi connectivity index (χ1v) is 8.49. The third kappa shape index (κ3) is 3.59. The molecule has 2 aromatic carbocycles. The first-order valence-electron chi connectivity index (χ1n) is 8.49. The van der Waals surface area contributed by atoms with E-state index in [0.717, 1.165) is 16.7 Å². The van der Waals surface area contributed by atoms with Gasteiger partial charge in [-0.3, -0.25) is 14.3 Å². The molecule has 6 nitrogen and oxygen atoms in total. The third-order valence-electron chi connectivity index (χ3n) is 4.15. The van der Waals surface area contributed by atoms with Crippen molar-refractivity contribution >= 4 is 22.6 Å². The molecule has 0 atom stereocenters. The summed E-state index contributed by atoms with van der Waals surface area (Å²) >= 11 is 0. The van der Waals surface area contributed by atoms with Crippen molar-refractivity contribution < 1.29 is 4.79 Å². The number of nitrogens with one attached hydrogen (secondary N) is 1. The number of carbonyl (C=O) groups excluding carboxylic acids is 1. The molecule has 4 rings (SSSR count). The standard InChI is InChI=1S/C21H17N5O/c1-2-21(27)25-16-8-9-18-19(11-16)26(14-23-18)20-13-22-12-17(24-20)10-15-6-4-3-5-7-15/h2-9,11-14H,1,10H2,(H,25,27). The molecule has 4 aromatic rings. The number of hydrogen-bond donors (Lipinski definition) is 1. The van der Waals surface area contributed by atoms with Crippen molar-refractivity contribution in [3.63, 3.8) is 0 Å². The molecule has 2 aromatic heterocycles. The number of carbonyl (C=O) groups is 1. The highest BCUT2D eigenvalue weighted by molar-refractivity contribution is 6.00. The van der Waals surface area contributed by atoms with Crippen LogP contribution in [-0.4, -0.2) is 25.4 Å². The quantitative estimate of drug-likeness (QED) is 0.556. The van der Waals surface area contributed by atoms with Gasteiger partial charge in [0.05, 0.1) is 22.9 Å². The Labute approximate surface area is 156 Å². The predicted molar refractivity (Wildman–Crippen MR) is 105 cm³/mol. The van der Waals surface area contributed by atoms with Crippen molar-refractivity contribution in [3.05, 3.63) is 91.2 Å². The van der Waals surface area contributed by atoms with Crippen molar-refractivity contribution in [1.29, 1.82) is 0 Å². The van der Waals surface area contributed by atoms with Gasteiger partial charge in [0, 0.05) is 18.3 Å². The molecule has 0 radical (unpaired) electrons. The Balaban J connectivity index is 1.69. The molecule has 2 heterocycles. The molecule has 0 saturated carbocycles. The average molecular weight is 355 g/mol. The van der Waals surface area contributed by atoms with Gasteiger partial charge in [0.2, 0.25) is 5.91 Å². The molecule has 6 heteroatoms. The first-order chi connectivity index (χ1) is 13.2.